The molecule has 9 heteroatoms. The zero-order chi connectivity index (χ0) is 34.7. The smallest absolute Gasteiger partial charge is 0.243 e. The molecule has 0 aromatic carbocycles. The molecule has 0 rings (SSSR count). The van der Waals surface area contributed by atoms with Gasteiger partial charge in [0.05, 0.1) is 0 Å². The summed E-state index contributed by atoms with van der Waals surface area (Å²) in [4.78, 5) is 51.7. The first-order valence-electron chi connectivity index (χ1n) is 18.7. The van der Waals surface area contributed by atoms with E-state index in [0.717, 1.165) is 57.9 Å². The maximum Gasteiger partial charge on any atom is 0.243 e. The zero-order valence-electron chi connectivity index (χ0n) is 31.0. The predicted octanol–water partition coefficient (Wildman–Crippen LogP) is 6.54. The van der Waals surface area contributed by atoms with E-state index in [1.165, 1.54) is 19.3 Å². The molecule has 0 fully saturated rings. The number of amides is 4. The van der Waals surface area contributed by atoms with Gasteiger partial charge in [-0.15, -0.1) is 0 Å². The number of hydrogen-bond donors (Lipinski definition) is 5. The van der Waals surface area contributed by atoms with Crippen LogP contribution in [0.15, 0.2) is 0 Å². The van der Waals surface area contributed by atoms with Gasteiger partial charge >= 0.3 is 0 Å². The molecule has 5 N–H and O–H groups in total. The molecule has 2 unspecified atom stereocenters. The van der Waals surface area contributed by atoms with Crippen LogP contribution in [0.3, 0.4) is 0 Å². The van der Waals surface area contributed by atoms with E-state index < -0.39 is 12.1 Å². The Kier molecular flexibility index (Phi) is 26.6. The summed E-state index contributed by atoms with van der Waals surface area (Å²) in [6.45, 7) is 18.3. The number of nitrogens with one attached hydrogen (secondary N) is 5. The summed E-state index contributed by atoms with van der Waals surface area (Å²) in [6.07, 6.45) is 14.6. The van der Waals surface area contributed by atoms with Crippen molar-refractivity contribution in [2.45, 2.75) is 189 Å². The Morgan fingerprint density at radius 1 is 0.435 bits per heavy atom. The van der Waals surface area contributed by atoms with Crippen LogP contribution >= 0.6 is 0 Å². The summed E-state index contributed by atoms with van der Waals surface area (Å²) in [7, 11) is 0. The molecule has 9 nitrogen and oxygen atoms in total. The quantitative estimate of drug-likeness (QED) is 0.0587. The van der Waals surface area contributed by atoms with Crippen LogP contribution in [0, 0.1) is 11.8 Å². The molecule has 4 amide bonds. The lowest BCUT2D eigenvalue weighted by Crippen LogP contribution is -2.54. The third-order valence-electron chi connectivity index (χ3n) is 8.05. The van der Waals surface area contributed by atoms with Crippen molar-refractivity contribution in [2.75, 3.05) is 13.1 Å². The molecule has 0 heterocycles. The van der Waals surface area contributed by atoms with E-state index in [0.29, 0.717) is 62.9 Å². The fourth-order valence-electron chi connectivity index (χ4n) is 5.32. The minimum absolute atomic E-state index is 0.0409. The van der Waals surface area contributed by atoms with Crippen molar-refractivity contribution in [3.63, 3.8) is 0 Å². The minimum Gasteiger partial charge on any atom is -0.356 e. The van der Waals surface area contributed by atoms with Gasteiger partial charge in [0, 0.05) is 31.5 Å². The second-order valence-corrected chi connectivity index (χ2v) is 14.6. The van der Waals surface area contributed by atoms with Crippen molar-refractivity contribution in [2.24, 2.45) is 11.8 Å². The molecule has 0 radical (unpaired) electrons. The Morgan fingerprint density at radius 2 is 0.891 bits per heavy atom. The Morgan fingerprint density at radius 3 is 1.43 bits per heavy atom. The van der Waals surface area contributed by atoms with Gasteiger partial charge in [-0.2, -0.15) is 0 Å². The van der Waals surface area contributed by atoms with Crippen LogP contribution in [-0.2, 0) is 19.2 Å². The van der Waals surface area contributed by atoms with Crippen LogP contribution in [0.1, 0.15) is 165 Å². The first-order valence-corrected chi connectivity index (χ1v) is 18.7. The Bertz CT molecular complexity index is 816. The maximum absolute atomic E-state index is 13.5. The molecule has 0 saturated carbocycles. The van der Waals surface area contributed by atoms with Gasteiger partial charge < -0.3 is 26.6 Å². The average Bonchev–Trinajstić information content (AvgIpc) is 2.96. The molecule has 0 saturated heterocycles. The van der Waals surface area contributed by atoms with E-state index in [-0.39, 0.29) is 29.7 Å². The van der Waals surface area contributed by atoms with Gasteiger partial charge in [0.1, 0.15) is 12.1 Å². The largest absolute Gasteiger partial charge is 0.356 e. The molecule has 0 aliphatic carbocycles. The van der Waals surface area contributed by atoms with E-state index in [9.17, 15) is 19.2 Å². The number of unbranched alkanes of at least 4 members (excludes halogenated alkanes) is 7. The zero-order valence-corrected chi connectivity index (χ0v) is 31.0. The highest BCUT2D eigenvalue weighted by Crippen LogP contribution is 2.12. The summed E-state index contributed by atoms with van der Waals surface area (Å²) in [6, 6.07) is -1.02. The molecule has 0 bridgehead atoms. The highest BCUT2D eigenvalue weighted by atomic mass is 16.2. The SMILES string of the molecule is CC(C)CCCCCCC(=O)NC(CCCCNC(=O)CCCCCC(C)C)C(=O)NC(CCCCNC(C)C)C(=O)NC(C)C. The molecule has 2 atom stereocenters. The van der Waals surface area contributed by atoms with E-state index in [1.54, 1.807) is 0 Å². The van der Waals surface area contributed by atoms with Crippen LogP contribution in [0.4, 0.5) is 0 Å². The van der Waals surface area contributed by atoms with Crippen molar-refractivity contribution in [3.05, 3.63) is 0 Å². The van der Waals surface area contributed by atoms with Crippen LogP contribution in [-0.4, -0.2) is 60.9 Å². The Hall–Kier alpha value is -2.16. The Balaban J connectivity index is 5.06. The molecule has 46 heavy (non-hydrogen) atoms. The normalized spacial score (nSPS) is 12.9. The molecular weight excluding hydrogens is 578 g/mol. The molecular formula is C37H73N5O4. The van der Waals surface area contributed by atoms with E-state index in [1.807, 2.05) is 13.8 Å². The number of rotatable bonds is 29. The predicted molar refractivity (Wildman–Crippen MR) is 191 cm³/mol. The third kappa shape index (κ3) is 27.0. The van der Waals surface area contributed by atoms with Gasteiger partial charge in [-0.3, -0.25) is 19.2 Å². The lowest BCUT2D eigenvalue weighted by Gasteiger charge is -2.24. The third-order valence-corrected chi connectivity index (χ3v) is 8.05. The standard InChI is InChI=1S/C37H73N5O4/c1-28(2)20-12-9-10-14-25-35(44)41-32(22-17-19-27-39-34(43)24-15-11-13-21-29(3)4)37(46)42-33(36(45)40-31(7)8)23-16-18-26-38-30(5)6/h28-33,38H,9-27H2,1-8H3,(H,39,43)(H,40,45)(H,41,44)(H,42,46). The van der Waals surface area contributed by atoms with Gasteiger partial charge in [-0.05, 0) is 83.6 Å². The summed E-state index contributed by atoms with van der Waals surface area (Å²) in [5.74, 6) is 0.821. The topological polar surface area (TPSA) is 128 Å². The van der Waals surface area contributed by atoms with Crippen molar-refractivity contribution >= 4 is 23.6 Å². The van der Waals surface area contributed by atoms with Gasteiger partial charge in [-0.25, -0.2) is 0 Å². The first kappa shape index (κ1) is 43.8. The molecule has 0 aliphatic heterocycles. The second-order valence-electron chi connectivity index (χ2n) is 14.6. The van der Waals surface area contributed by atoms with Crippen molar-refractivity contribution < 1.29 is 19.2 Å². The van der Waals surface area contributed by atoms with Crippen molar-refractivity contribution in [1.29, 1.82) is 0 Å². The van der Waals surface area contributed by atoms with Crippen LogP contribution in [0.5, 0.6) is 0 Å². The maximum atomic E-state index is 13.5. The highest BCUT2D eigenvalue weighted by Gasteiger charge is 2.26. The molecule has 0 aromatic rings. The fraction of sp³-hybridized carbons (Fsp3) is 0.892. The number of carbonyl (C=O) groups is 4. The highest BCUT2D eigenvalue weighted by molar-refractivity contribution is 5.92. The lowest BCUT2D eigenvalue weighted by atomic mass is 10.0. The van der Waals surface area contributed by atoms with E-state index >= 15 is 0 Å². The van der Waals surface area contributed by atoms with Crippen LogP contribution in [0.2, 0.25) is 0 Å². The van der Waals surface area contributed by atoms with Crippen molar-refractivity contribution in [3.8, 4) is 0 Å². The summed E-state index contributed by atoms with van der Waals surface area (Å²) in [5.41, 5.74) is 0. The molecule has 0 aliphatic rings. The lowest BCUT2D eigenvalue weighted by molar-refractivity contribution is -0.132. The average molecular weight is 652 g/mol. The van der Waals surface area contributed by atoms with Crippen molar-refractivity contribution in [1.82, 2.24) is 26.6 Å². The summed E-state index contributed by atoms with van der Waals surface area (Å²) < 4.78 is 0. The van der Waals surface area contributed by atoms with Gasteiger partial charge in [-0.1, -0.05) is 86.5 Å². The number of carbonyl (C=O) groups excluding carboxylic acids is 4. The molecule has 270 valence electrons. The molecule has 0 spiro atoms. The fourth-order valence-corrected chi connectivity index (χ4v) is 5.32. The van der Waals surface area contributed by atoms with Gasteiger partial charge in [0.2, 0.25) is 23.6 Å². The summed E-state index contributed by atoms with van der Waals surface area (Å²) in [5, 5.41) is 15.3. The number of hydrogen-bond acceptors (Lipinski definition) is 5. The van der Waals surface area contributed by atoms with Crippen LogP contribution in [0.25, 0.3) is 0 Å². The second kappa shape index (κ2) is 27.9. The first-order chi connectivity index (χ1) is 21.8. The Labute approximate surface area is 282 Å². The minimum atomic E-state index is -0.720. The van der Waals surface area contributed by atoms with Gasteiger partial charge in [0.15, 0.2) is 0 Å². The monoisotopic (exact) mass is 652 g/mol. The molecule has 0 aromatic heterocycles. The van der Waals surface area contributed by atoms with Crippen LogP contribution < -0.4 is 26.6 Å². The summed E-state index contributed by atoms with van der Waals surface area (Å²) >= 11 is 0. The van der Waals surface area contributed by atoms with E-state index in [4.69, 9.17) is 0 Å². The van der Waals surface area contributed by atoms with Gasteiger partial charge in [0.25, 0.3) is 0 Å². The van der Waals surface area contributed by atoms with E-state index in [2.05, 4.69) is 68.1 Å².